The largest absolute Gasteiger partial charge is 0.253 e. The van der Waals surface area contributed by atoms with Crippen molar-refractivity contribution in [3.63, 3.8) is 0 Å². The van der Waals surface area contributed by atoms with Gasteiger partial charge in [-0.2, -0.15) is 10.2 Å². The zero-order valence-electron chi connectivity index (χ0n) is 17.2. The van der Waals surface area contributed by atoms with Crippen LogP contribution in [0, 0.1) is 5.82 Å². The highest BCUT2D eigenvalue weighted by Crippen LogP contribution is 2.27. The molecule has 5 nitrogen and oxygen atoms in total. The fraction of sp³-hybridized carbons (Fsp3) is 0. The summed E-state index contributed by atoms with van der Waals surface area (Å²) >= 11 is 7.53. The Morgan fingerprint density at radius 3 is 2.58 bits per heavy atom. The maximum Gasteiger partial charge on any atom is 0.203 e. The van der Waals surface area contributed by atoms with Gasteiger partial charge in [0.05, 0.1) is 17.6 Å². The Bertz CT molecular complexity index is 1410. The number of anilines is 1. The molecule has 5 rings (SSSR count). The van der Waals surface area contributed by atoms with Crippen molar-refractivity contribution < 1.29 is 4.39 Å². The van der Waals surface area contributed by atoms with Gasteiger partial charge in [0, 0.05) is 33.3 Å². The van der Waals surface area contributed by atoms with Gasteiger partial charge >= 0.3 is 0 Å². The van der Waals surface area contributed by atoms with E-state index in [0.29, 0.717) is 15.8 Å². The fourth-order valence-electron chi connectivity index (χ4n) is 3.29. The lowest BCUT2D eigenvalue weighted by Crippen LogP contribution is -1.94. The number of benzene rings is 3. The van der Waals surface area contributed by atoms with Gasteiger partial charge in [0.2, 0.25) is 5.13 Å². The van der Waals surface area contributed by atoms with Crippen LogP contribution in [0.25, 0.3) is 28.2 Å². The number of rotatable bonds is 6. The Labute approximate surface area is 198 Å². The van der Waals surface area contributed by atoms with E-state index in [1.54, 1.807) is 23.0 Å². The Morgan fingerprint density at radius 1 is 0.970 bits per heavy atom. The lowest BCUT2D eigenvalue weighted by molar-refractivity contribution is 0.628. The first-order chi connectivity index (χ1) is 16.2. The van der Waals surface area contributed by atoms with Gasteiger partial charge in [0.1, 0.15) is 11.5 Å². The van der Waals surface area contributed by atoms with Gasteiger partial charge in [0.25, 0.3) is 0 Å². The molecule has 0 unspecified atom stereocenters. The number of hydrogen-bond donors (Lipinski definition) is 1. The van der Waals surface area contributed by atoms with Gasteiger partial charge in [-0.3, -0.25) is 5.43 Å². The second-order valence-corrected chi connectivity index (χ2v) is 8.43. The molecule has 2 aromatic heterocycles. The predicted molar refractivity (Wildman–Crippen MR) is 133 cm³/mol. The van der Waals surface area contributed by atoms with E-state index in [0.717, 1.165) is 28.1 Å². The average molecular weight is 474 g/mol. The van der Waals surface area contributed by atoms with E-state index in [9.17, 15) is 4.39 Å². The summed E-state index contributed by atoms with van der Waals surface area (Å²) in [6.07, 6.45) is 3.57. The van der Waals surface area contributed by atoms with E-state index in [-0.39, 0.29) is 5.82 Å². The van der Waals surface area contributed by atoms with Crippen LogP contribution in [0.3, 0.4) is 0 Å². The van der Waals surface area contributed by atoms with Crippen LogP contribution in [-0.2, 0) is 0 Å². The van der Waals surface area contributed by atoms with E-state index >= 15 is 0 Å². The van der Waals surface area contributed by atoms with Gasteiger partial charge < -0.3 is 0 Å². The molecule has 3 aromatic carbocycles. The fourth-order valence-corrected chi connectivity index (χ4v) is 4.15. The molecule has 0 aliphatic carbocycles. The van der Waals surface area contributed by atoms with E-state index in [2.05, 4.69) is 15.5 Å². The van der Waals surface area contributed by atoms with E-state index < -0.39 is 0 Å². The first kappa shape index (κ1) is 21.1. The zero-order chi connectivity index (χ0) is 22.6. The molecule has 0 amide bonds. The minimum absolute atomic E-state index is 0.294. The summed E-state index contributed by atoms with van der Waals surface area (Å²) in [5, 5.41) is 12.3. The number of para-hydroxylation sites is 1. The van der Waals surface area contributed by atoms with Crippen molar-refractivity contribution in [1.29, 1.82) is 0 Å². The molecule has 5 aromatic rings. The molecule has 1 N–H and O–H groups in total. The van der Waals surface area contributed by atoms with E-state index in [1.807, 2.05) is 66.2 Å². The van der Waals surface area contributed by atoms with Gasteiger partial charge in [-0.25, -0.2) is 14.1 Å². The van der Waals surface area contributed by atoms with Crippen molar-refractivity contribution in [3.05, 3.63) is 107 Å². The van der Waals surface area contributed by atoms with Crippen LogP contribution in [0.1, 0.15) is 5.56 Å². The summed E-state index contributed by atoms with van der Waals surface area (Å²) in [6.45, 7) is 0. The number of nitrogens with zero attached hydrogens (tertiary/aromatic N) is 4. The number of thiazole rings is 1. The molecular formula is C25H17ClFN5S. The molecule has 0 radical (unpaired) electrons. The summed E-state index contributed by atoms with van der Waals surface area (Å²) in [7, 11) is 0. The maximum absolute atomic E-state index is 13.4. The molecule has 0 bridgehead atoms. The maximum atomic E-state index is 13.4. The van der Waals surface area contributed by atoms with Crippen molar-refractivity contribution in [2.45, 2.75) is 0 Å². The molecule has 8 heteroatoms. The standard InChI is InChI=1S/C25H17ClFN5S/c26-20-6-4-5-18(13-20)23-16-33-25(29-23)30-28-14-19-15-32(22-7-2-1-3-8-22)31-24(19)17-9-11-21(27)12-10-17/h1-16H,(H,29,30)/b28-14+. The molecule has 0 spiro atoms. The molecule has 0 aliphatic rings. The van der Waals surface area contributed by atoms with Crippen LogP contribution in [0.15, 0.2) is 95.5 Å². The summed E-state index contributed by atoms with van der Waals surface area (Å²) in [5.41, 5.74) is 7.94. The normalized spacial score (nSPS) is 11.2. The lowest BCUT2D eigenvalue weighted by Gasteiger charge is -2.00. The van der Waals surface area contributed by atoms with E-state index in [4.69, 9.17) is 16.7 Å². The van der Waals surface area contributed by atoms with Crippen LogP contribution in [0.2, 0.25) is 5.02 Å². The van der Waals surface area contributed by atoms with E-state index in [1.165, 1.54) is 23.5 Å². The summed E-state index contributed by atoms with van der Waals surface area (Å²) in [4.78, 5) is 4.57. The third-order valence-corrected chi connectivity index (χ3v) is 5.85. The van der Waals surface area contributed by atoms with Crippen LogP contribution in [-0.4, -0.2) is 21.0 Å². The van der Waals surface area contributed by atoms with Gasteiger partial charge in [-0.1, -0.05) is 41.9 Å². The first-order valence-corrected chi connectivity index (χ1v) is 11.3. The van der Waals surface area contributed by atoms with Crippen LogP contribution in [0.4, 0.5) is 9.52 Å². The Kier molecular flexibility index (Phi) is 5.97. The van der Waals surface area contributed by atoms with Gasteiger partial charge in [0.15, 0.2) is 0 Å². The number of hydrogen-bond acceptors (Lipinski definition) is 5. The van der Waals surface area contributed by atoms with Crippen LogP contribution in [0.5, 0.6) is 0 Å². The molecule has 2 heterocycles. The quantitative estimate of drug-likeness (QED) is 0.215. The molecule has 162 valence electrons. The number of hydrazone groups is 1. The van der Waals surface area contributed by atoms with Crippen molar-refractivity contribution in [2.24, 2.45) is 5.10 Å². The van der Waals surface area contributed by atoms with Crippen molar-refractivity contribution in [3.8, 4) is 28.2 Å². The molecule has 0 saturated carbocycles. The summed E-state index contributed by atoms with van der Waals surface area (Å²) in [5.74, 6) is -0.294. The van der Waals surface area contributed by atoms with Crippen molar-refractivity contribution >= 4 is 34.3 Å². The molecule has 0 fully saturated rings. The second kappa shape index (κ2) is 9.36. The zero-order valence-corrected chi connectivity index (χ0v) is 18.8. The summed E-state index contributed by atoms with van der Waals surface area (Å²) in [6, 6.07) is 23.6. The summed E-state index contributed by atoms with van der Waals surface area (Å²) < 4.78 is 15.2. The minimum atomic E-state index is -0.294. The number of nitrogens with one attached hydrogen (secondary N) is 1. The average Bonchev–Trinajstić information content (AvgIpc) is 3.48. The van der Waals surface area contributed by atoms with Gasteiger partial charge in [-0.05, 0) is 48.5 Å². The molecule has 0 atom stereocenters. The Balaban J connectivity index is 1.41. The monoisotopic (exact) mass is 473 g/mol. The molecule has 0 aliphatic heterocycles. The van der Waals surface area contributed by atoms with Gasteiger partial charge in [-0.15, -0.1) is 11.3 Å². The predicted octanol–water partition coefficient (Wildman–Crippen LogP) is 6.90. The van der Waals surface area contributed by atoms with Crippen LogP contribution >= 0.6 is 22.9 Å². The third kappa shape index (κ3) is 4.84. The smallest absolute Gasteiger partial charge is 0.203 e. The highest BCUT2D eigenvalue weighted by molar-refractivity contribution is 7.14. The molecule has 0 saturated heterocycles. The van der Waals surface area contributed by atoms with Crippen LogP contribution < -0.4 is 5.43 Å². The second-order valence-electron chi connectivity index (χ2n) is 7.14. The minimum Gasteiger partial charge on any atom is -0.253 e. The molecular weight excluding hydrogens is 457 g/mol. The lowest BCUT2D eigenvalue weighted by atomic mass is 10.1. The highest BCUT2D eigenvalue weighted by atomic mass is 35.5. The Hall–Kier alpha value is -3.81. The van der Waals surface area contributed by atoms with Crippen molar-refractivity contribution in [1.82, 2.24) is 14.8 Å². The third-order valence-electron chi connectivity index (χ3n) is 4.87. The SMILES string of the molecule is Fc1ccc(-c2nn(-c3ccccc3)cc2/C=N/Nc2nc(-c3cccc(Cl)c3)cs2)cc1. The topological polar surface area (TPSA) is 55.1 Å². The molecule has 33 heavy (non-hydrogen) atoms. The first-order valence-electron chi connectivity index (χ1n) is 10.1. The highest BCUT2D eigenvalue weighted by Gasteiger charge is 2.11. The van der Waals surface area contributed by atoms with Crippen molar-refractivity contribution in [2.75, 3.05) is 5.43 Å². The number of halogens is 2. The number of aromatic nitrogens is 3. The Morgan fingerprint density at radius 2 is 1.79 bits per heavy atom.